The molecule has 0 spiro atoms. The zero-order valence-electron chi connectivity index (χ0n) is 8.92. The topological polar surface area (TPSA) is 32.3 Å². The number of benzene rings is 1. The van der Waals surface area contributed by atoms with Gasteiger partial charge in [-0.25, -0.2) is 4.39 Å². The van der Waals surface area contributed by atoms with Crippen molar-refractivity contribution >= 4 is 21.6 Å². The van der Waals surface area contributed by atoms with Crippen LogP contribution in [-0.4, -0.2) is 17.3 Å². The molecule has 1 saturated carbocycles. The maximum atomic E-state index is 13.5. The molecule has 2 nitrogen and oxygen atoms in total. The average Bonchev–Trinajstić information content (AvgIpc) is 2.26. The Labute approximate surface area is 103 Å². The third-order valence-electron chi connectivity index (χ3n) is 3.01. The Morgan fingerprint density at radius 1 is 1.25 bits per heavy atom. The number of aliphatic hydroxyl groups excluding tert-OH is 1. The van der Waals surface area contributed by atoms with E-state index in [1.54, 1.807) is 6.07 Å². The first-order valence-electron chi connectivity index (χ1n) is 5.55. The van der Waals surface area contributed by atoms with Crippen molar-refractivity contribution in [1.29, 1.82) is 0 Å². The van der Waals surface area contributed by atoms with Crippen molar-refractivity contribution in [3.63, 3.8) is 0 Å². The summed E-state index contributed by atoms with van der Waals surface area (Å²) in [4.78, 5) is 0. The summed E-state index contributed by atoms with van der Waals surface area (Å²) in [5.41, 5.74) is 0.531. The van der Waals surface area contributed by atoms with Crippen molar-refractivity contribution in [2.45, 2.75) is 37.8 Å². The van der Waals surface area contributed by atoms with Crippen LogP contribution in [0.4, 0.5) is 10.1 Å². The third-order valence-corrected chi connectivity index (χ3v) is 3.67. The van der Waals surface area contributed by atoms with Gasteiger partial charge in [0.1, 0.15) is 5.82 Å². The molecule has 0 bridgehead atoms. The van der Waals surface area contributed by atoms with E-state index in [0.717, 1.165) is 30.2 Å². The molecule has 1 aromatic rings. The molecule has 2 rings (SSSR count). The first kappa shape index (κ1) is 11.9. The van der Waals surface area contributed by atoms with Gasteiger partial charge in [0.25, 0.3) is 0 Å². The second-order valence-corrected chi connectivity index (χ2v) is 5.10. The fourth-order valence-electron chi connectivity index (χ4n) is 2.06. The smallest absolute Gasteiger partial charge is 0.147 e. The van der Waals surface area contributed by atoms with Gasteiger partial charge in [-0.1, -0.05) is 6.07 Å². The molecule has 0 atom stereocenters. The summed E-state index contributed by atoms with van der Waals surface area (Å²) in [6.45, 7) is 0. The zero-order valence-corrected chi connectivity index (χ0v) is 10.5. The molecule has 0 aromatic heterocycles. The molecular weight excluding hydrogens is 273 g/mol. The Morgan fingerprint density at radius 3 is 2.56 bits per heavy atom. The minimum atomic E-state index is -0.236. The van der Waals surface area contributed by atoms with Gasteiger partial charge in [-0.3, -0.25) is 0 Å². The van der Waals surface area contributed by atoms with E-state index in [1.807, 2.05) is 6.07 Å². The maximum Gasteiger partial charge on any atom is 0.147 e. The number of aliphatic hydroxyl groups is 1. The first-order valence-corrected chi connectivity index (χ1v) is 6.34. The highest BCUT2D eigenvalue weighted by atomic mass is 79.9. The highest BCUT2D eigenvalue weighted by Gasteiger charge is 2.20. The van der Waals surface area contributed by atoms with Gasteiger partial charge in [0, 0.05) is 10.5 Å². The number of anilines is 1. The van der Waals surface area contributed by atoms with Gasteiger partial charge in [0.15, 0.2) is 0 Å². The SMILES string of the molecule is OC1CCC(Nc2c(F)cccc2Br)CC1. The van der Waals surface area contributed by atoms with Crippen molar-refractivity contribution in [2.24, 2.45) is 0 Å². The van der Waals surface area contributed by atoms with Crippen molar-refractivity contribution in [1.82, 2.24) is 0 Å². The third kappa shape index (κ3) is 2.74. The van der Waals surface area contributed by atoms with Crippen molar-refractivity contribution in [3.05, 3.63) is 28.5 Å². The van der Waals surface area contributed by atoms with Crippen LogP contribution in [0.25, 0.3) is 0 Å². The van der Waals surface area contributed by atoms with E-state index in [2.05, 4.69) is 21.2 Å². The highest BCUT2D eigenvalue weighted by Crippen LogP contribution is 2.29. The first-order chi connectivity index (χ1) is 7.66. The van der Waals surface area contributed by atoms with Crippen molar-refractivity contribution in [3.8, 4) is 0 Å². The van der Waals surface area contributed by atoms with Gasteiger partial charge < -0.3 is 10.4 Å². The van der Waals surface area contributed by atoms with Crippen LogP contribution in [0.1, 0.15) is 25.7 Å². The Morgan fingerprint density at radius 2 is 1.94 bits per heavy atom. The largest absolute Gasteiger partial charge is 0.393 e. The molecule has 1 aliphatic rings. The number of hydrogen-bond donors (Lipinski definition) is 2. The quantitative estimate of drug-likeness (QED) is 0.875. The van der Waals surface area contributed by atoms with Crippen LogP contribution < -0.4 is 5.32 Å². The van der Waals surface area contributed by atoms with E-state index in [-0.39, 0.29) is 18.0 Å². The van der Waals surface area contributed by atoms with Gasteiger partial charge in [-0.05, 0) is 53.7 Å². The lowest BCUT2D eigenvalue weighted by molar-refractivity contribution is 0.126. The van der Waals surface area contributed by atoms with E-state index >= 15 is 0 Å². The van der Waals surface area contributed by atoms with Gasteiger partial charge in [0.2, 0.25) is 0 Å². The zero-order chi connectivity index (χ0) is 11.5. The number of para-hydroxylation sites is 1. The van der Waals surface area contributed by atoms with Crippen LogP contribution in [0.5, 0.6) is 0 Å². The Bertz CT molecular complexity index is 344. The summed E-state index contributed by atoms with van der Waals surface area (Å²) < 4.78 is 14.3. The van der Waals surface area contributed by atoms with Crippen LogP contribution in [0, 0.1) is 5.82 Å². The molecule has 0 unspecified atom stereocenters. The summed E-state index contributed by atoms with van der Waals surface area (Å²) in [5.74, 6) is -0.236. The van der Waals surface area contributed by atoms with Gasteiger partial charge in [-0.15, -0.1) is 0 Å². The van der Waals surface area contributed by atoms with Crippen LogP contribution in [0.15, 0.2) is 22.7 Å². The molecule has 0 aliphatic heterocycles. The summed E-state index contributed by atoms with van der Waals surface area (Å²) in [6, 6.07) is 5.21. The summed E-state index contributed by atoms with van der Waals surface area (Å²) in [6.07, 6.45) is 3.19. The summed E-state index contributed by atoms with van der Waals surface area (Å²) >= 11 is 3.33. The molecule has 1 aliphatic carbocycles. The molecule has 1 aromatic carbocycles. The number of halogens is 2. The van der Waals surface area contributed by atoms with E-state index in [1.165, 1.54) is 6.07 Å². The molecule has 2 N–H and O–H groups in total. The number of nitrogens with one attached hydrogen (secondary N) is 1. The normalized spacial score (nSPS) is 25.4. The second kappa shape index (κ2) is 5.15. The Balaban J connectivity index is 2.04. The van der Waals surface area contributed by atoms with E-state index in [0.29, 0.717) is 5.69 Å². The fourth-order valence-corrected chi connectivity index (χ4v) is 2.52. The predicted octanol–water partition coefficient (Wildman–Crippen LogP) is 3.30. The molecule has 4 heteroatoms. The van der Waals surface area contributed by atoms with E-state index in [9.17, 15) is 9.50 Å². The molecule has 16 heavy (non-hydrogen) atoms. The molecule has 1 fully saturated rings. The molecular formula is C12H15BrFNO. The molecule has 0 amide bonds. The number of rotatable bonds is 2. The van der Waals surface area contributed by atoms with Gasteiger partial charge >= 0.3 is 0 Å². The lowest BCUT2D eigenvalue weighted by atomic mass is 9.93. The predicted molar refractivity (Wildman–Crippen MR) is 66.0 cm³/mol. The Kier molecular flexibility index (Phi) is 3.82. The lowest BCUT2D eigenvalue weighted by Gasteiger charge is -2.27. The highest BCUT2D eigenvalue weighted by molar-refractivity contribution is 9.10. The monoisotopic (exact) mass is 287 g/mol. The van der Waals surface area contributed by atoms with Crippen LogP contribution in [0.2, 0.25) is 0 Å². The summed E-state index contributed by atoms with van der Waals surface area (Å²) in [7, 11) is 0. The Hall–Kier alpha value is -0.610. The van der Waals surface area contributed by atoms with E-state index in [4.69, 9.17) is 0 Å². The molecule has 0 heterocycles. The van der Waals surface area contributed by atoms with Crippen LogP contribution in [0.3, 0.4) is 0 Å². The second-order valence-electron chi connectivity index (χ2n) is 4.25. The number of hydrogen-bond acceptors (Lipinski definition) is 2. The maximum absolute atomic E-state index is 13.5. The van der Waals surface area contributed by atoms with Crippen LogP contribution >= 0.6 is 15.9 Å². The van der Waals surface area contributed by atoms with Gasteiger partial charge in [-0.2, -0.15) is 0 Å². The molecule has 0 radical (unpaired) electrons. The molecule has 88 valence electrons. The standard InChI is InChI=1S/C12H15BrFNO/c13-10-2-1-3-11(14)12(10)15-8-4-6-9(16)7-5-8/h1-3,8-9,15-16H,4-7H2. The average molecular weight is 288 g/mol. The van der Waals surface area contributed by atoms with Gasteiger partial charge in [0.05, 0.1) is 11.8 Å². The minimum absolute atomic E-state index is 0.179. The minimum Gasteiger partial charge on any atom is -0.393 e. The van der Waals surface area contributed by atoms with Crippen molar-refractivity contribution in [2.75, 3.05) is 5.32 Å². The van der Waals surface area contributed by atoms with E-state index < -0.39 is 0 Å². The molecule has 0 saturated heterocycles. The fraction of sp³-hybridized carbons (Fsp3) is 0.500. The van der Waals surface area contributed by atoms with Crippen LogP contribution in [-0.2, 0) is 0 Å². The summed E-state index contributed by atoms with van der Waals surface area (Å²) in [5, 5.41) is 12.6. The lowest BCUT2D eigenvalue weighted by Crippen LogP contribution is -2.28. The van der Waals surface area contributed by atoms with Crippen molar-refractivity contribution < 1.29 is 9.50 Å².